The number of benzene rings is 1. The molecule has 0 spiro atoms. The van der Waals surface area contributed by atoms with Crippen LogP contribution in [0.4, 0.5) is 5.95 Å². The third-order valence-electron chi connectivity index (χ3n) is 4.93. The molecule has 0 bridgehead atoms. The summed E-state index contributed by atoms with van der Waals surface area (Å²) in [6, 6.07) is 9.50. The molecule has 0 atom stereocenters. The van der Waals surface area contributed by atoms with E-state index >= 15 is 0 Å². The monoisotopic (exact) mass is 442 g/mol. The van der Waals surface area contributed by atoms with Crippen LogP contribution in [0.2, 0.25) is 0 Å². The summed E-state index contributed by atoms with van der Waals surface area (Å²) in [7, 11) is 2.83. The Morgan fingerprint density at radius 3 is 2.38 bits per heavy atom. The van der Waals surface area contributed by atoms with Gasteiger partial charge >= 0.3 is 17.6 Å². The fraction of sp³-hybridized carbons (Fsp3) is 0.300. The normalized spacial score (nSPS) is 11.6. The summed E-state index contributed by atoms with van der Waals surface area (Å²) >= 11 is 0. The minimum atomic E-state index is -1.38. The molecule has 0 aliphatic heterocycles. The molecule has 0 fully saturated rings. The van der Waals surface area contributed by atoms with Crippen molar-refractivity contribution in [2.75, 3.05) is 5.43 Å². The van der Waals surface area contributed by atoms with Crippen molar-refractivity contribution in [2.24, 2.45) is 19.2 Å². The number of carbonyl (C=O) groups is 2. The lowest BCUT2D eigenvalue weighted by Gasteiger charge is -2.10. The highest BCUT2D eigenvalue weighted by Gasteiger charge is 2.20. The number of hydrogen-bond donors (Lipinski definition) is 3. The van der Waals surface area contributed by atoms with Gasteiger partial charge in [0.1, 0.15) is 5.71 Å². The largest absolute Gasteiger partial charge is 0.481 e. The number of hydrazone groups is 1. The van der Waals surface area contributed by atoms with Crippen LogP contribution in [0.15, 0.2) is 45.0 Å². The van der Waals surface area contributed by atoms with E-state index in [1.54, 1.807) is 0 Å². The quantitative estimate of drug-likeness (QED) is 0.317. The van der Waals surface area contributed by atoms with Crippen LogP contribution in [0.5, 0.6) is 0 Å². The molecule has 2 aromatic heterocycles. The lowest BCUT2D eigenvalue weighted by Crippen LogP contribution is -2.37. The summed E-state index contributed by atoms with van der Waals surface area (Å²) in [4.78, 5) is 51.6. The van der Waals surface area contributed by atoms with Gasteiger partial charge in [-0.1, -0.05) is 30.3 Å². The van der Waals surface area contributed by atoms with E-state index in [-0.39, 0.29) is 23.5 Å². The van der Waals surface area contributed by atoms with Crippen molar-refractivity contribution >= 4 is 34.8 Å². The third-order valence-corrected chi connectivity index (χ3v) is 4.93. The lowest BCUT2D eigenvalue weighted by molar-refractivity contribution is -0.136. The summed E-state index contributed by atoms with van der Waals surface area (Å²) in [6.45, 7) is 0.295. The predicted octanol–water partition coefficient (Wildman–Crippen LogP) is 0.394. The summed E-state index contributed by atoms with van der Waals surface area (Å²) in [6.07, 6.45) is -0.185. The van der Waals surface area contributed by atoms with E-state index in [2.05, 4.69) is 15.5 Å². The van der Waals surface area contributed by atoms with Gasteiger partial charge in [0, 0.05) is 27.1 Å². The van der Waals surface area contributed by atoms with Crippen LogP contribution in [0.1, 0.15) is 18.4 Å². The number of nitrogens with one attached hydrogen (secondary N) is 1. The molecule has 0 amide bonds. The summed E-state index contributed by atoms with van der Waals surface area (Å²) < 4.78 is 3.71. The fourth-order valence-electron chi connectivity index (χ4n) is 3.19. The van der Waals surface area contributed by atoms with E-state index in [0.717, 1.165) is 10.1 Å². The molecular formula is C20H22N6O6. The molecule has 12 nitrogen and oxygen atoms in total. The minimum absolute atomic E-state index is 0.0586. The Bertz CT molecular complexity index is 1320. The van der Waals surface area contributed by atoms with E-state index in [0.29, 0.717) is 13.0 Å². The molecule has 12 heteroatoms. The second-order valence-corrected chi connectivity index (χ2v) is 7.07. The maximum atomic E-state index is 12.8. The summed E-state index contributed by atoms with van der Waals surface area (Å²) in [5.41, 5.74) is 2.30. The first-order valence-electron chi connectivity index (χ1n) is 9.68. The van der Waals surface area contributed by atoms with E-state index < -0.39 is 35.3 Å². The standard InChI is InChI=1S/C20H22N6O6/c1-24-16-15(17(29)25(2)20(24)32)26(11-10-12-6-4-3-5-7-12)19(21-16)23-22-13(18(30)31)8-9-14(27)28/h3-7H,8-11H2,1-2H3,(H,21,23)(H,27,28)(H,30,31). The summed E-state index contributed by atoms with van der Waals surface area (Å²) in [5, 5.41) is 21.9. The number of carboxylic acid groups (broad SMARTS) is 2. The van der Waals surface area contributed by atoms with Gasteiger partial charge in [-0.05, 0) is 12.0 Å². The SMILES string of the molecule is Cn1c(=O)c2c(nc(NN=C(CCC(=O)O)C(=O)O)n2CCc2ccccc2)n(C)c1=O. The number of fused-ring (bicyclic) bond motifs is 1. The molecule has 0 aliphatic rings. The van der Waals surface area contributed by atoms with Crippen LogP contribution >= 0.6 is 0 Å². The first kappa shape index (κ1) is 22.5. The van der Waals surface area contributed by atoms with Crippen molar-refractivity contribution in [3.8, 4) is 0 Å². The van der Waals surface area contributed by atoms with Crippen LogP contribution in [0.25, 0.3) is 11.2 Å². The first-order valence-corrected chi connectivity index (χ1v) is 9.68. The zero-order chi connectivity index (χ0) is 23.4. The highest BCUT2D eigenvalue weighted by Crippen LogP contribution is 2.17. The van der Waals surface area contributed by atoms with Crippen molar-refractivity contribution in [1.29, 1.82) is 0 Å². The van der Waals surface area contributed by atoms with Crippen molar-refractivity contribution in [3.63, 3.8) is 0 Å². The second kappa shape index (κ2) is 9.29. The second-order valence-electron chi connectivity index (χ2n) is 7.07. The van der Waals surface area contributed by atoms with Gasteiger partial charge in [0.2, 0.25) is 5.95 Å². The molecule has 3 rings (SSSR count). The van der Waals surface area contributed by atoms with Gasteiger partial charge in [-0.2, -0.15) is 10.1 Å². The number of carboxylic acids is 2. The number of anilines is 1. The third kappa shape index (κ3) is 4.58. The summed E-state index contributed by atoms with van der Waals surface area (Å²) in [5.74, 6) is -2.48. The fourth-order valence-corrected chi connectivity index (χ4v) is 3.19. The number of hydrogen-bond acceptors (Lipinski definition) is 7. The minimum Gasteiger partial charge on any atom is -0.481 e. The maximum absolute atomic E-state index is 12.8. The van der Waals surface area contributed by atoms with E-state index in [4.69, 9.17) is 5.11 Å². The maximum Gasteiger partial charge on any atom is 0.352 e. The van der Waals surface area contributed by atoms with Crippen LogP contribution in [0.3, 0.4) is 0 Å². The van der Waals surface area contributed by atoms with Crippen molar-refractivity contribution < 1.29 is 19.8 Å². The Hall–Kier alpha value is -4.22. The Labute approximate surface area is 181 Å². The van der Waals surface area contributed by atoms with Gasteiger partial charge in [-0.25, -0.2) is 15.0 Å². The number of aliphatic carboxylic acids is 2. The van der Waals surface area contributed by atoms with E-state index in [1.807, 2.05) is 30.3 Å². The molecule has 0 saturated carbocycles. The number of imidazole rings is 1. The molecular weight excluding hydrogens is 420 g/mol. The van der Waals surface area contributed by atoms with Crippen molar-refractivity contribution in [3.05, 3.63) is 56.7 Å². The van der Waals surface area contributed by atoms with Crippen molar-refractivity contribution in [2.45, 2.75) is 25.8 Å². The van der Waals surface area contributed by atoms with Crippen LogP contribution in [-0.4, -0.2) is 46.5 Å². The molecule has 3 aromatic rings. The molecule has 1 aromatic carbocycles. The number of rotatable bonds is 9. The Morgan fingerprint density at radius 1 is 1.06 bits per heavy atom. The lowest BCUT2D eigenvalue weighted by atomic mass is 10.1. The van der Waals surface area contributed by atoms with Crippen LogP contribution in [-0.2, 0) is 36.6 Å². The van der Waals surface area contributed by atoms with Crippen LogP contribution < -0.4 is 16.7 Å². The topological polar surface area (TPSA) is 161 Å². The average Bonchev–Trinajstić information content (AvgIpc) is 3.13. The van der Waals surface area contributed by atoms with Gasteiger partial charge < -0.3 is 14.8 Å². The predicted molar refractivity (Wildman–Crippen MR) is 116 cm³/mol. The van der Waals surface area contributed by atoms with Gasteiger partial charge in [-0.15, -0.1) is 0 Å². The average molecular weight is 442 g/mol. The molecule has 32 heavy (non-hydrogen) atoms. The zero-order valence-electron chi connectivity index (χ0n) is 17.5. The Kier molecular flexibility index (Phi) is 6.52. The smallest absolute Gasteiger partial charge is 0.352 e. The van der Waals surface area contributed by atoms with E-state index in [9.17, 15) is 24.3 Å². The molecule has 0 saturated heterocycles. The van der Waals surface area contributed by atoms with E-state index in [1.165, 1.54) is 23.2 Å². The zero-order valence-corrected chi connectivity index (χ0v) is 17.5. The molecule has 3 N–H and O–H groups in total. The van der Waals surface area contributed by atoms with Gasteiger partial charge in [-0.3, -0.25) is 18.7 Å². The molecule has 0 unspecified atom stereocenters. The van der Waals surface area contributed by atoms with Crippen molar-refractivity contribution in [1.82, 2.24) is 18.7 Å². The highest BCUT2D eigenvalue weighted by atomic mass is 16.4. The van der Waals surface area contributed by atoms with Gasteiger partial charge in [0.25, 0.3) is 5.56 Å². The van der Waals surface area contributed by atoms with Crippen LogP contribution in [0, 0.1) is 0 Å². The molecule has 0 radical (unpaired) electrons. The van der Waals surface area contributed by atoms with Gasteiger partial charge in [0.15, 0.2) is 11.2 Å². The highest BCUT2D eigenvalue weighted by molar-refractivity contribution is 6.35. The first-order chi connectivity index (χ1) is 15.2. The molecule has 2 heterocycles. The number of aryl methyl sites for hydroxylation is 3. The molecule has 0 aliphatic carbocycles. The van der Waals surface area contributed by atoms with Gasteiger partial charge in [0.05, 0.1) is 6.42 Å². The Balaban J connectivity index is 2.08. The molecule has 168 valence electrons. The number of aromatic nitrogens is 4. The Morgan fingerprint density at radius 2 is 1.75 bits per heavy atom. The number of nitrogens with zero attached hydrogens (tertiary/aromatic N) is 5.